The van der Waals surface area contributed by atoms with Crippen LogP contribution in [0.5, 0.6) is 0 Å². The van der Waals surface area contributed by atoms with Crippen molar-refractivity contribution in [1.29, 1.82) is 0 Å². The Kier molecular flexibility index (Phi) is 5.77. The van der Waals surface area contributed by atoms with Crippen LogP contribution in [-0.4, -0.2) is 17.5 Å². The van der Waals surface area contributed by atoms with Gasteiger partial charge in [0.1, 0.15) is 0 Å². The Hall–Kier alpha value is 0.440. The zero-order chi connectivity index (χ0) is 13.9. The molecule has 1 heterocycles. The summed E-state index contributed by atoms with van der Waals surface area (Å²) < 4.78 is 5.73. The SMILES string of the molecule is CC(C)(C)C1CCC(Br)C(CCCC2CCCO2)C1. The van der Waals surface area contributed by atoms with Gasteiger partial charge in [-0.15, -0.1) is 0 Å². The van der Waals surface area contributed by atoms with Gasteiger partial charge in [0.2, 0.25) is 0 Å². The van der Waals surface area contributed by atoms with E-state index in [0.29, 0.717) is 11.5 Å². The molecule has 0 aromatic rings. The first-order valence-corrected chi connectivity index (χ1v) is 9.14. The maximum Gasteiger partial charge on any atom is 0.0576 e. The zero-order valence-corrected chi connectivity index (χ0v) is 14.5. The van der Waals surface area contributed by atoms with Crippen molar-refractivity contribution >= 4 is 15.9 Å². The van der Waals surface area contributed by atoms with E-state index in [9.17, 15) is 0 Å². The molecule has 19 heavy (non-hydrogen) atoms. The van der Waals surface area contributed by atoms with Crippen molar-refractivity contribution in [3.05, 3.63) is 0 Å². The molecule has 0 N–H and O–H groups in total. The molecule has 0 spiro atoms. The first-order valence-electron chi connectivity index (χ1n) is 8.22. The normalized spacial score (nSPS) is 36.6. The topological polar surface area (TPSA) is 9.23 Å². The van der Waals surface area contributed by atoms with Crippen molar-refractivity contribution in [2.75, 3.05) is 6.61 Å². The average Bonchev–Trinajstić information content (AvgIpc) is 2.83. The van der Waals surface area contributed by atoms with E-state index in [0.717, 1.165) is 23.3 Å². The van der Waals surface area contributed by atoms with Crippen LogP contribution in [0.4, 0.5) is 0 Å². The smallest absolute Gasteiger partial charge is 0.0576 e. The van der Waals surface area contributed by atoms with Crippen LogP contribution >= 0.6 is 15.9 Å². The van der Waals surface area contributed by atoms with Crippen LogP contribution in [-0.2, 0) is 4.74 Å². The molecule has 4 atom stereocenters. The van der Waals surface area contributed by atoms with Gasteiger partial charge >= 0.3 is 0 Å². The Balaban J connectivity index is 1.74. The summed E-state index contributed by atoms with van der Waals surface area (Å²) in [6.07, 6.45) is 11.4. The molecular weight excluding hydrogens is 300 g/mol. The van der Waals surface area contributed by atoms with Gasteiger partial charge in [0.05, 0.1) is 6.10 Å². The molecule has 1 saturated carbocycles. The number of halogens is 1. The highest BCUT2D eigenvalue weighted by Gasteiger charge is 2.34. The molecule has 2 aliphatic rings. The minimum absolute atomic E-state index is 0.486. The van der Waals surface area contributed by atoms with Crippen molar-refractivity contribution in [2.24, 2.45) is 17.3 Å². The van der Waals surface area contributed by atoms with E-state index in [-0.39, 0.29) is 0 Å². The summed E-state index contributed by atoms with van der Waals surface area (Å²) >= 11 is 3.93. The fourth-order valence-corrected chi connectivity index (χ4v) is 4.54. The molecule has 1 saturated heterocycles. The summed E-state index contributed by atoms with van der Waals surface area (Å²) in [6.45, 7) is 8.24. The molecule has 2 rings (SSSR count). The Morgan fingerprint density at radius 3 is 2.53 bits per heavy atom. The molecule has 2 fully saturated rings. The van der Waals surface area contributed by atoms with Crippen molar-refractivity contribution in [2.45, 2.75) is 83.1 Å². The van der Waals surface area contributed by atoms with Crippen LogP contribution < -0.4 is 0 Å². The number of hydrogen-bond acceptors (Lipinski definition) is 1. The lowest BCUT2D eigenvalue weighted by molar-refractivity contribution is 0.0966. The predicted molar refractivity (Wildman–Crippen MR) is 85.8 cm³/mol. The number of hydrogen-bond donors (Lipinski definition) is 0. The summed E-state index contributed by atoms with van der Waals surface area (Å²) in [5.74, 6) is 1.80. The van der Waals surface area contributed by atoms with Crippen molar-refractivity contribution in [1.82, 2.24) is 0 Å². The van der Waals surface area contributed by atoms with E-state index in [4.69, 9.17) is 4.74 Å². The highest BCUT2D eigenvalue weighted by atomic mass is 79.9. The standard InChI is InChI=1S/C17H31BrO/c1-17(2,3)14-9-10-16(18)13(12-14)6-4-7-15-8-5-11-19-15/h13-16H,4-12H2,1-3H3. The lowest BCUT2D eigenvalue weighted by atomic mass is 9.68. The fourth-order valence-electron chi connectivity index (χ4n) is 3.79. The molecule has 0 amide bonds. The van der Waals surface area contributed by atoms with Crippen LogP contribution in [0.3, 0.4) is 0 Å². The summed E-state index contributed by atoms with van der Waals surface area (Å²) in [4.78, 5) is 0.760. The van der Waals surface area contributed by atoms with Crippen LogP contribution in [0.25, 0.3) is 0 Å². The third kappa shape index (κ3) is 4.74. The molecule has 112 valence electrons. The van der Waals surface area contributed by atoms with Crippen LogP contribution in [0.15, 0.2) is 0 Å². The van der Waals surface area contributed by atoms with Gasteiger partial charge in [0, 0.05) is 11.4 Å². The number of alkyl halides is 1. The second-order valence-corrected chi connectivity index (χ2v) is 8.89. The van der Waals surface area contributed by atoms with Crippen LogP contribution in [0.1, 0.15) is 72.1 Å². The molecule has 0 bridgehead atoms. The van der Waals surface area contributed by atoms with Gasteiger partial charge in [0.15, 0.2) is 0 Å². The van der Waals surface area contributed by atoms with Crippen LogP contribution in [0.2, 0.25) is 0 Å². The highest BCUT2D eigenvalue weighted by Crippen LogP contribution is 2.44. The average molecular weight is 331 g/mol. The van der Waals surface area contributed by atoms with Gasteiger partial charge in [-0.1, -0.05) is 43.1 Å². The minimum Gasteiger partial charge on any atom is -0.378 e. The monoisotopic (exact) mass is 330 g/mol. The van der Waals surface area contributed by atoms with E-state index in [1.807, 2.05) is 0 Å². The van der Waals surface area contributed by atoms with E-state index >= 15 is 0 Å². The largest absolute Gasteiger partial charge is 0.378 e. The Morgan fingerprint density at radius 1 is 1.11 bits per heavy atom. The minimum atomic E-state index is 0.486. The summed E-state index contributed by atoms with van der Waals surface area (Å²) in [6, 6.07) is 0. The molecule has 0 aromatic carbocycles. The molecule has 1 aliphatic carbocycles. The first kappa shape index (κ1) is 15.8. The predicted octanol–water partition coefficient (Wildman–Crippen LogP) is 5.56. The third-order valence-corrected chi connectivity index (χ3v) is 6.44. The second kappa shape index (κ2) is 6.93. The lowest BCUT2D eigenvalue weighted by Crippen LogP contribution is -2.32. The fraction of sp³-hybridized carbons (Fsp3) is 1.00. The quantitative estimate of drug-likeness (QED) is 0.613. The van der Waals surface area contributed by atoms with Gasteiger partial charge in [0.25, 0.3) is 0 Å². The van der Waals surface area contributed by atoms with E-state index in [1.54, 1.807) is 0 Å². The van der Waals surface area contributed by atoms with Gasteiger partial charge in [-0.05, 0) is 62.2 Å². The van der Waals surface area contributed by atoms with Gasteiger partial charge in [-0.25, -0.2) is 0 Å². The van der Waals surface area contributed by atoms with Crippen molar-refractivity contribution in [3.63, 3.8) is 0 Å². The zero-order valence-electron chi connectivity index (χ0n) is 13.0. The third-order valence-electron chi connectivity index (χ3n) is 5.24. The first-order chi connectivity index (χ1) is 8.97. The molecule has 1 aliphatic heterocycles. The molecule has 0 radical (unpaired) electrons. The van der Waals surface area contributed by atoms with Gasteiger partial charge < -0.3 is 4.74 Å². The Labute approximate surface area is 128 Å². The summed E-state index contributed by atoms with van der Waals surface area (Å²) in [7, 11) is 0. The van der Waals surface area contributed by atoms with Crippen molar-refractivity contribution in [3.8, 4) is 0 Å². The highest BCUT2D eigenvalue weighted by molar-refractivity contribution is 9.09. The van der Waals surface area contributed by atoms with Crippen LogP contribution in [0, 0.1) is 17.3 Å². The second-order valence-electron chi connectivity index (χ2n) is 7.72. The molecule has 0 aromatic heterocycles. The van der Waals surface area contributed by atoms with E-state index < -0.39 is 0 Å². The van der Waals surface area contributed by atoms with Crippen molar-refractivity contribution < 1.29 is 4.74 Å². The maximum atomic E-state index is 5.73. The van der Waals surface area contributed by atoms with Gasteiger partial charge in [-0.3, -0.25) is 0 Å². The summed E-state index contributed by atoms with van der Waals surface area (Å²) in [5.41, 5.74) is 0.486. The van der Waals surface area contributed by atoms with Gasteiger partial charge in [-0.2, -0.15) is 0 Å². The van der Waals surface area contributed by atoms with E-state index in [1.165, 1.54) is 51.4 Å². The maximum absolute atomic E-state index is 5.73. The summed E-state index contributed by atoms with van der Waals surface area (Å²) in [5, 5.41) is 0. The Morgan fingerprint density at radius 2 is 1.89 bits per heavy atom. The number of ether oxygens (including phenoxy) is 1. The van der Waals surface area contributed by atoms with E-state index in [2.05, 4.69) is 36.7 Å². The molecule has 2 heteroatoms. The molecule has 1 nitrogen and oxygen atoms in total. The number of rotatable bonds is 4. The lowest BCUT2D eigenvalue weighted by Gasteiger charge is -2.40. The Bertz CT molecular complexity index is 265. The molecule has 4 unspecified atom stereocenters. The molecular formula is C17H31BrO.